The molecule has 0 aliphatic rings. The van der Waals surface area contributed by atoms with Crippen LogP contribution in [0.3, 0.4) is 0 Å². The fourth-order valence-electron chi connectivity index (χ4n) is 2.83. The lowest BCUT2D eigenvalue weighted by Crippen LogP contribution is -2.30. The number of thioether (sulfide) groups is 1. The number of methoxy groups -OCH3 is 1. The Morgan fingerprint density at radius 2 is 1.96 bits per heavy atom. The number of aryl methyl sites for hydroxylation is 2. The highest BCUT2D eigenvalue weighted by molar-refractivity contribution is 8.00. The number of amides is 1. The van der Waals surface area contributed by atoms with Crippen LogP contribution in [0.5, 0.6) is 5.75 Å². The van der Waals surface area contributed by atoms with E-state index in [1.807, 2.05) is 42.0 Å². The zero-order chi connectivity index (χ0) is 20.1. The molecular weight excluding hydrogens is 370 g/mol. The predicted octanol–water partition coefficient (Wildman–Crippen LogP) is 4.29. The number of carbonyl (C=O) groups is 1. The first-order valence-corrected chi connectivity index (χ1v) is 10.0. The third kappa shape index (κ3) is 4.75. The molecule has 1 amide bonds. The van der Waals surface area contributed by atoms with Crippen LogP contribution in [0.25, 0.3) is 5.69 Å². The summed E-state index contributed by atoms with van der Waals surface area (Å²) in [7, 11) is 1.64. The number of hydrogen-bond acceptors (Lipinski definition) is 4. The van der Waals surface area contributed by atoms with E-state index in [2.05, 4.69) is 42.3 Å². The molecule has 6 heteroatoms. The Kier molecular flexibility index (Phi) is 6.41. The summed E-state index contributed by atoms with van der Waals surface area (Å²) < 4.78 is 7.20. The lowest BCUT2D eigenvalue weighted by molar-refractivity contribution is -0.120. The molecule has 0 aliphatic heterocycles. The summed E-state index contributed by atoms with van der Waals surface area (Å²) in [6, 6.07) is 14.0. The summed E-state index contributed by atoms with van der Waals surface area (Å²) in [4.78, 5) is 17.0. The maximum Gasteiger partial charge on any atom is 0.233 e. The summed E-state index contributed by atoms with van der Waals surface area (Å²) in [5.74, 6) is 0.786. The van der Waals surface area contributed by atoms with Gasteiger partial charge in [0.25, 0.3) is 0 Å². The molecular formula is C22H25N3O2S. The van der Waals surface area contributed by atoms with Gasteiger partial charge in [-0.3, -0.25) is 9.36 Å². The molecule has 0 fully saturated rings. The highest BCUT2D eigenvalue weighted by Crippen LogP contribution is 2.26. The van der Waals surface area contributed by atoms with Gasteiger partial charge in [-0.1, -0.05) is 36.0 Å². The van der Waals surface area contributed by atoms with Crippen LogP contribution in [0, 0.1) is 13.8 Å². The van der Waals surface area contributed by atoms with Crippen molar-refractivity contribution in [1.29, 1.82) is 0 Å². The number of nitrogens with zero attached hydrogens (tertiary/aromatic N) is 2. The molecule has 0 radical (unpaired) electrons. The molecule has 0 saturated heterocycles. The fourth-order valence-corrected chi connectivity index (χ4v) is 3.73. The number of carbonyl (C=O) groups excluding carboxylic acids is 1. The Morgan fingerprint density at radius 3 is 2.68 bits per heavy atom. The molecule has 0 spiro atoms. The predicted molar refractivity (Wildman–Crippen MR) is 113 cm³/mol. The lowest BCUT2D eigenvalue weighted by atomic mass is 10.1. The summed E-state index contributed by atoms with van der Waals surface area (Å²) in [6.45, 7) is 6.53. The van der Waals surface area contributed by atoms with E-state index in [0.717, 1.165) is 22.2 Å². The number of benzene rings is 2. The average Bonchev–Trinajstić information content (AvgIpc) is 3.16. The Labute approximate surface area is 170 Å². The third-order valence-electron chi connectivity index (χ3n) is 4.51. The molecule has 0 bridgehead atoms. The first kappa shape index (κ1) is 20.0. The van der Waals surface area contributed by atoms with E-state index < -0.39 is 0 Å². The van der Waals surface area contributed by atoms with Gasteiger partial charge in [0.1, 0.15) is 5.75 Å². The van der Waals surface area contributed by atoms with E-state index in [0.29, 0.717) is 6.54 Å². The number of nitrogens with one attached hydrogen (secondary N) is 1. The van der Waals surface area contributed by atoms with Gasteiger partial charge in [0, 0.05) is 18.9 Å². The van der Waals surface area contributed by atoms with E-state index >= 15 is 0 Å². The molecule has 3 rings (SSSR count). The van der Waals surface area contributed by atoms with Crippen LogP contribution in [-0.2, 0) is 11.3 Å². The van der Waals surface area contributed by atoms with E-state index in [4.69, 9.17) is 4.74 Å². The normalized spacial score (nSPS) is 11.9. The van der Waals surface area contributed by atoms with E-state index in [-0.39, 0.29) is 11.2 Å². The van der Waals surface area contributed by atoms with Gasteiger partial charge in [0.05, 0.1) is 18.0 Å². The SMILES string of the molecule is COc1ccc(CNC(=O)C(C)Sc2nccn2-c2cc(C)ccc2C)cc1. The van der Waals surface area contributed by atoms with Gasteiger partial charge in [-0.15, -0.1) is 0 Å². The fraction of sp³-hybridized carbons (Fsp3) is 0.273. The second kappa shape index (κ2) is 8.97. The maximum absolute atomic E-state index is 12.5. The first-order valence-electron chi connectivity index (χ1n) is 9.16. The Bertz CT molecular complexity index is 951. The van der Waals surface area contributed by atoms with Crippen LogP contribution in [0.1, 0.15) is 23.6 Å². The topological polar surface area (TPSA) is 56.1 Å². The number of rotatable bonds is 7. The third-order valence-corrected chi connectivity index (χ3v) is 5.59. The van der Waals surface area contributed by atoms with Gasteiger partial charge >= 0.3 is 0 Å². The zero-order valence-electron chi connectivity index (χ0n) is 16.6. The van der Waals surface area contributed by atoms with E-state index in [1.54, 1.807) is 13.3 Å². The first-order chi connectivity index (χ1) is 13.5. The Morgan fingerprint density at radius 1 is 1.21 bits per heavy atom. The van der Waals surface area contributed by atoms with Crippen molar-refractivity contribution in [3.63, 3.8) is 0 Å². The minimum Gasteiger partial charge on any atom is -0.497 e. The molecule has 0 saturated carbocycles. The molecule has 3 aromatic rings. The van der Waals surface area contributed by atoms with Gasteiger partial charge in [-0.25, -0.2) is 4.98 Å². The van der Waals surface area contributed by atoms with Crippen LogP contribution in [0.2, 0.25) is 0 Å². The molecule has 5 nitrogen and oxygen atoms in total. The second-order valence-corrected chi connectivity index (χ2v) is 8.00. The molecule has 1 atom stereocenters. The number of hydrogen-bond donors (Lipinski definition) is 1. The van der Waals surface area contributed by atoms with Crippen molar-refractivity contribution in [3.05, 3.63) is 71.5 Å². The largest absolute Gasteiger partial charge is 0.497 e. The van der Waals surface area contributed by atoms with Crippen LogP contribution < -0.4 is 10.1 Å². The molecule has 1 aromatic heterocycles. The van der Waals surface area contributed by atoms with Crippen LogP contribution in [0.4, 0.5) is 0 Å². The molecule has 146 valence electrons. The van der Waals surface area contributed by atoms with Crippen molar-refractivity contribution in [2.45, 2.75) is 37.7 Å². The molecule has 28 heavy (non-hydrogen) atoms. The van der Waals surface area contributed by atoms with Crippen LogP contribution in [0.15, 0.2) is 60.0 Å². The van der Waals surface area contributed by atoms with Crippen molar-refractivity contribution in [2.75, 3.05) is 7.11 Å². The molecule has 1 unspecified atom stereocenters. The van der Waals surface area contributed by atoms with Gasteiger partial charge in [-0.2, -0.15) is 0 Å². The zero-order valence-corrected chi connectivity index (χ0v) is 17.4. The summed E-state index contributed by atoms with van der Waals surface area (Å²) in [5, 5.41) is 3.54. The van der Waals surface area contributed by atoms with E-state index in [9.17, 15) is 4.79 Å². The Balaban J connectivity index is 1.64. The minimum atomic E-state index is -0.260. The summed E-state index contributed by atoms with van der Waals surface area (Å²) in [5.41, 5.74) is 4.48. The highest BCUT2D eigenvalue weighted by atomic mass is 32.2. The van der Waals surface area contributed by atoms with Gasteiger partial charge in [-0.05, 0) is 55.7 Å². The quantitative estimate of drug-likeness (QED) is 0.606. The van der Waals surface area contributed by atoms with Crippen molar-refractivity contribution < 1.29 is 9.53 Å². The van der Waals surface area contributed by atoms with Gasteiger partial charge in [0.15, 0.2) is 5.16 Å². The summed E-state index contributed by atoms with van der Waals surface area (Å²) in [6.07, 6.45) is 3.71. The smallest absolute Gasteiger partial charge is 0.233 e. The minimum absolute atomic E-state index is 0.0173. The number of imidazole rings is 1. The number of ether oxygens (including phenoxy) is 1. The second-order valence-electron chi connectivity index (χ2n) is 6.70. The van der Waals surface area contributed by atoms with Crippen molar-refractivity contribution in [2.24, 2.45) is 0 Å². The average molecular weight is 396 g/mol. The highest BCUT2D eigenvalue weighted by Gasteiger charge is 2.18. The molecule has 1 heterocycles. The Hall–Kier alpha value is -2.73. The number of aromatic nitrogens is 2. The van der Waals surface area contributed by atoms with Crippen molar-refractivity contribution in [1.82, 2.24) is 14.9 Å². The standard InChI is InChI=1S/C22H25N3O2S/c1-15-5-6-16(2)20(13-15)25-12-11-23-22(25)28-17(3)21(26)24-14-18-7-9-19(27-4)10-8-18/h5-13,17H,14H2,1-4H3,(H,24,26). The van der Waals surface area contributed by atoms with E-state index in [1.165, 1.54) is 22.9 Å². The molecule has 0 aliphatic carbocycles. The van der Waals surface area contributed by atoms with Crippen molar-refractivity contribution >= 4 is 17.7 Å². The molecule has 1 N–H and O–H groups in total. The van der Waals surface area contributed by atoms with Crippen LogP contribution in [-0.4, -0.2) is 27.8 Å². The monoisotopic (exact) mass is 395 g/mol. The molecule has 2 aromatic carbocycles. The summed E-state index contributed by atoms with van der Waals surface area (Å²) >= 11 is 1.46. The lowest BCUT2D eigenvalue weighted by Gasteiger charge is -2.15. The van der Waals surface area contributed by atoms with Crippen LogP contribution >= 0.6 is 11.8 Å². The van der Waals surface area contributed by atoms with Crippen molar-refractivity contribution in [3.8, 4) is 11.4 Å². The van der Waals surface area contributed by atoms with Gasteiger partial charge in [0.2, 0.25) is 5.91 Å². The van der Waals surface area contributed by atoms with Gasteiger partial charge < -0.3 is 10.1 Å². The maximum atomic E-state index is 12.5.